The largest absolute Gasteiger partial charge is 0.366 e. The highest BCUT2D eigenvalue weighted by atomic mass is 16.5. The summed E-state index contributed by atoms with van der Waals surface area (Å²) in [6, 6.07) is 5.08. The Morgan fingerprint density at radius 3 is 2.42 bits per heavy atom. The maximum absolute atomic E-state index is 11.7. The molecule has 0 bridgehead atoms. The number of hydrogen-bond donors (Lipinski definition) is 2. The number of piperidine rings is 1. The molecule has 0 aromatic heterocycles. The van der Waals surface area contributed by atoms with E-state index in [1.165, 1.54) is 17.7 Å². The number of aldehydes is 2. The average molecular weight is 558 g/mol. The van der Waals surface area contributed by atoms with E-state index in [1.807, 2.05) is 32.3 Å². The summed E-state index contributed by atoms with van der Waals surface area (Å²) in [5.74, 6) is 7.05. The van der Waals surface area contributed by atoms with Crippen molar-refractivity contribution < 1.29 is 19.1 Å². The number of ether oxygens (including phenoxy) is 1. The number of amides is 1. The van der Waals surface area contributed by atoms with Crippen LogP contribution in [-0.4, -0.2) is 104 Å². The van der Waals surface area contributed by atoms with E-state index in [4.69, 9.17) is 4.74 Å². The van der Waals surface area contributed by atoms with E-state index in [0.29, 0.717) is 30.0 Å². The SMILES string of the molecule is CCC(CCN(C)CC1CCNCC1)OCC#Cc1cccc(N(C)C(C=O)CCC=O)c1N(C)C=O.CNC. The van der Waals surface area contributed by atoms with Crippen LogP contribution in [0.5, 0.6) is 0 Å². The van der Waals surface area contributed by atoms with E-state index >= 15 is 0 Å². The van der Waals surface area contributed by atoms with Gasteiger partial charge in [-0.3, -0.25) is 4.79 Å². The van der Waals surface area contributed by atoms with Crippen molar-refractivity contribution >= 4 is 30.4 Å². The van der Waals surface area contributed by atoms with Gasteiger partial charge in [0.1, 0.15) is 19.2 Å². The lowest BCUT2D eigenvalue weighted by Crippen LogP contribution is -2.35. The van der Waals surface area contributed by atoms with Crippen molar-refractivity contribution in [3.8, 4) is 11.8 Å². The minimum atomic E-state index is -0.478. The first-order valence-electron chi connectivity index (χ1n) is 14.4. The van der Waals surface area contributed by atoms with Crippen LogP contribution in [0.3, 0.4) is 0 Å². The van der Waals surface area contributed by atoms with Crippen LogP contribution in [0.4, 0.5) is 11.4 Å². The molecule has 2 N–H and O–H groups in total. The van der Waals surface area contributed by atoms with Crippen LogP contribution in [0.25, 0.3) is 0 Å². The highest BCUT2D eigenvalue weighted by Gasteiger charge is 2.21. The molecule has 2 rings (SSSR count). The molecule has 1 heterocycles. The smallest absolute Gasteiger partial charge is 0.213 e. The average Bonchev–Trinajstić information content (AvgIpc) is 2.97. The lowest BCUT2D eigenvalue weighted by Gasteiger charge is -2.30. The number of rotatable bonds is 16. The summed E-state index contributed by atoms with van der Waals surface area (Å²) in [5.41, 5.74) is 2.00. The summed E-state index contributed by atoms with van der Waals surface area (Å²) in [4.78, 5) is 39.8. The molecule has 1 amide bonds. The predicted octanol–water partition coefficient (Wildman–Crippen LogP) is 2.57. The first kappa shape index (κ1) is 35.3. The second kappa shape index (κ2) is 21.0. The molecule has 40 heavy (non-hydrogen) atoms. The third-order valence-corrected chi connectivity index (χ3v) is 7.07. The minimum Gasteiger partial charge on any atom is -0.366 e. The zero-order valence-electron chi connectivity index (χ0n) is 25.4. The molecule has 1 saturated heterocycles. The zero-order valence-corrected chi connectivity index (χ0v) is 25.4. The maximum Gasteiger partial charge on any atom is 0.213 e. The Hall–Kier alpha value is -2.77. The molecule has 2 atom stereocenters. The lowest BCUT2D eigenvalue weighted by atomic mass is 9.97. The van der Waals surface area contributed by atoms with Gasteiger partial charge in [-0.25, -0.2) is 0 Å². The first-order chi connectivity index (χ1) is 19.4. The van der Waals surface area contributed by atoms with Gasteiger partial charge in [-0.1, -0.05) is 24.8 Å². The molecular formula is C31H51N5O4. The van der Waals surface area contributed by atoms with Gasteiger partial charge in [0.25, 0.3) is 0 Å². The second-order valence-electron chi connectivity index (χ2n) is 10.3. The van der Waals surface area contributed by atoms with Gasteiger partial charge >= 0.3 is 0 Å². The number of hydrogen-bond acceptors (Lipinski definition) is 8. The fraction of sp³-hybridized carbons (Fsp3) is 0.645. The van der Waals surface area contributed by atoms with Crippen molar-refractivity contribution in [1.82, 2.24) is 15.5 Å². The molecule has 0 radical (unpaired) electrons. The highest BCUT2D eigenvalue weighted by molar-refractivity contribution is 5.88. The summed E-state index contributed by atoms with van der Waals surface area (Å²) in [6.45, 7) is 6.82. The number of likely N-dealkylation sites (N-methyl/N-ethyl adjacent to an activating group) is 1. The second-order valence-corrected chi connectivity index (χ2v) is 10.3. The molecular weight excluding hydrogens is 506 g/mol. The summed E-state index contributed by atoms with van der Waals surface area (Å²) in [6.07, 6.45) is 7.59. The molecule has 2 unspecified atom stereocenters. The van der Waals surface area contributed by atoms with Gasteiger partial charge in [-0.2, -0.15) is 0 Å². The van der Waals surface area contributed by atoms with Crippen molar-refractivity contribution in [3.05, 3.63) is 23.8 Å². The molecule has 0 saturated carbocycles. The number of benzene rings is 1. The lowest BCUT2D eigenvalue weighted by molar-refractivity contribution is -0.110. The molecule has 224 valence electrons. The molecule has 1 aliphatic heterocycles. The summed E-state index contributed by atoms with van der Waals surface area (Å²) < 4.78 is 6.07. The molecule has 1 aliphatic rings. The predicted molar refractivity (Wildman–Crippen MR) is 164 cm³/mol. The molecule has 9 nitrogen and oxygen atoms in total. The fourth-order valence-corrected chi connectivity index (χ4v) is 4.77. The van der Waals surface area contributed by atoms with Gasteiger partial charge in [0, 0.05) is 33.6 Å². The van der Waals surface area contributed by atoms with Crippen LogP contribution >= 0.6 is 0 Å². The Morgan fingerprint density at radius 1 is 1.12 bits per heavy atom. The van der Waals surface area contributed by atoms with Crippen molar-refractivity contribution in [3.63, 3.8) is 0 Å². The number of nitrogens with zero attached hydrogens (tertiary/aromatic N) is 3. The van der Waals surface area contributed by atoms with Crippen molar-refractivity contribution in [2.75, 3.05) is 77.8 Å². The number of anilines is 2. The third kappa shape index (κ3) is 12.6. The zero-order chi connectivity index (χ0) is 29.8. The van der Waals surface area contributed by atoms with Crippen molar-refractivity contribution in [2.24, 2.45) is 5.92 Å². The molecule has 1 aromatic rings. The standard InChI is InChI=1S/C29H44N4O4.C2H7N/c1-5-27(15-18-31(2)21-24-13-16-30-17-14-24)37-20-8-10-25-9-6-12-28(29(25)32(3)23-36)33(4)26(22-35)11-7-19-34;1-3-2/h6,9,12,19,22-24,26-27,30H,5,7,11,13-18,20-21H2,1-4H3;3H,1-2H3. The van der Waals surface area contributed by atoms with Gasteiger partial charge in [-0.15, -0.1) is 0 Å². The minimum absolute atomic E-state index is 0.144. The van der Waals surface area contributed by atoms with Crippen LogP contribution in [0.2, 0.25) is 0 Å². The fourth-order valence-electron chi connectivity index (χ4n) is 4.77. The third-order valence-electron chi connectivity index (χ3n) is 7.07. The summed E-state index contributed by atoms with van der Waals surface area (Å²) in [7, 11) is 9.39. The van der Waals surface area contributed by atoms with Crippen LogP contribution in [0.1, 0.15) is 51.0 Å². The van der Waals surface area contributed by atoms with Crippen LogP contribution in [0.15, 0.2) is 18.2 Å². The Labute approximate surface area is 242 Å². The molecule has 0 aliphatic carbocycles. The summed E-state index contributed by atoms with van der Waals surface area (Å²) in [5, 5.41) is 6.17. The number of para-hydroxylation sites is 1. The van der Waals surface area contributed by atoms with E-state index in [2.05, 4.69) is 41.3 Å². The van der Waals surface area contributed by atoms with Gasteiger partial charge in [0.2, 0.25) is 6.41 Å². The quantitative estimate of drug-likeness (QED) is 0.237. The van der Waals surface area contributed by atoms with Crippen LogP contribution in [-0.2, 0) is 19.1 Å². The van der Waals surface area contributed by atoms with Gasteiger partial charge in [0.15, 0.2) is 0 Å². The Kier molecular flexibility index (Phi) is 18.5. The van der Waals surface area contributed by atoms with Gasteiger partial charge in [-0.05, 0) is 84.4 Å². The number of carbonyl (C=O) groups is 3. The Balaban J connectivity index is 0.00000254. The van der Waals surface area contributed by atoms with Crippen LogP contribution in [0, 0.1) is 17.8 Å². The number of nitrogens with one attached hydrogen (secondary N) is 2. The topological polar surface area (TPSA) is 94.2 Å². The monoisotopic (exact) mass is 557 g/mol. The van der Waals surface area contributed by atoms with Crippen molar-refractivity contribution in [1.29, 1.82) is 0 Å². The van der Waals surface area contributed by atoms with Gasteiger partial charge < -0.3 is 39.7 Å². The van der Waals surface area contributed by atoms with E-state index in [0.717, 1.165) is 63.9 Å². The number of carbonyl (C=O) groups excluding carboxylic acids is 3. The Bertz CT molecular complexity index is 926. The van der Waals surface area contributed by atoms with E-state index in [1.54, 1.807) is 19.0 Å². The molecule has 1 aromatic carbocycles. The van der Waals surface area contributed by atoms with Crippen molar-refractivity contribution in [2.45, 2.75) is 57.6 Å². The van der Waals surface area contributed by atoms with Gasteiger partial charge in [0.05, 0.1) is 29.1 Å². The van der Waals surface area contributed by atoms with E-state index in [-0.39, 0.29) is 12.5 Å². The van der Waals surface area contributed by atoms with E-state index in [9.17, 15) is 14.4 Å². The highest BCUT2D eigenvalue weighted by Crippen LogP contribution is 2.32. The Morgan fingerprint density at radius 2 is 1.82 bits per heavy atom. The normalized spacial score (nSPS) is 14.7. The van der Waals surface area contributed by atoms with E-state index < -0.39 is 6.04 Å². The molecule has 1 fully saturated rings. The maximum atomic E-state index is 11.7. The first-order valence-corrected chi connectivity index (χ1v) is 14.4. The molecule has 9 heteroatoms. The van der Waals surface area contributed by atoms with Crippen LogP contribution < -0.4 is 20.4 Å². The molecule has 0 spiro atoms. The summed E-state index contributed by atoms with van der Waals surface area (Å²) >= 11 is 0.